The van der Waals surface area contributed by atoms with Crippen molar-refractivity contribution in [1.29, 1.82) is 0 Å². The van der Waals surface area contributed by atoms with Gasteiger partial charge in [0.1, 0.15) is 0 Å². The minimum Gasteiger partial charge on any atom is -0.367 e. The summed E-state index contributed by atoms with van der Waals surface area (Å²) in [5, 5.41) is 0.752. The summed E-state index contributed by atoms with van der Waals surface area (Å²) in [7, 11) is 0. The Labute approximate surface area is 119 Å². The van der Waals surface area contributed by atoms with Gasteiger partial charge in [-0.15, -0.1) is 0 Å². The molecule has 0 bridgehead atoms. The first-order valence-corrected chi connectivity index (χ1v) is 7.12. The summed E-state index contributed by atoms with van der Waals surface area (Å²) in [6.07, 6.45) is 7.09. The number of benzene rings is 1. The topological polar surface area (TPSA) is 16.1 Å². The first kappa shape index (κ1) is 12.5. The van der Waals surface area contributed by atoms with Crippen molar-refractivity contribution < 1.29 is 0 Å². The molecule has 98 valence electrons. The van der Waals surface area contributed by atoms with Crippen molar-refractivity contribution in [2.24, 2.45) is 0 Å². The van der Waals surface area contributed by atoms with Gasteiger partial charge in [-0.25, -0.2) is 0 Å². The van der Waals surface area contributed by atoms with Gasteiger partial charge in [0.2, 0.25) is 0 Å². The molecule has 1 aromatic heterocycles. The highest BCUT2D eigenvalue weighted by Gasteiger charge is 2.26. The lowest BCUT2D eigenvalue weighted by Crippen LogP contribution is -2.31. The molecule has 0 saturated carbocycles. The van der Waals surface area contributed by atoms with Gasteiger partial charge >= 0.3 is 0 Å². The van der Waals surface area contributed by atoms with Gasteiger partial charge in [-0.05, 0) is 30.9 Å². The maximum absolute atomic E-state index is 6.27. The molecule has 1 aromatic carbocycles. The normalized spacial score (nSPS) is 18.8. The molecule has 0 amide bonds. The molecular formula is C16H17ClN2. The summed E-state index contributed by atoms with van der Waals surface area (Å²) in [6, 6.07) is 13.2. The van der Waals surface area contributed by atoms with E-state index in [1.54, 1.807) is 6.20 Å². The maximum Gasteiger partial charge on any atom is 0.0822 e. The number of rotatable bonds is 3. The van der Waals surface area contributed by atoms with Crippen molar-refractivity contribution in [1.82, 2.24) is 4.98 Å². The van der Waals surface area contributed by atoms with Crippen molar-refractivity contribution in [2.75, 3.05) is 11.4 Å². The number of hydrogen-bond donors (Lipinski definition) is 0. The van der Waals surface area contributed by atoms with Crippen LogP contribution in [0, 0.1) is 0 Å². The number of pyridine rings is 1. The van der Waals surface area contributed by atoms with Crippen molar-refractivity contribution in [3.8, 4) is 0 Å². The molecule has 3 rings (SSSR count). The van der Waals surface area contributed by atoms with Crippen LogP contribution in [0.2, 0.25) is 5.02 Å². The smallest absolute Gasteiger partial charge is 0.0822 e. The second kappa shape index (κ2) is 5.62. The van der Waals surface area contributed by atoms with Crippen LogP contribution in [-0.4, -0.2) is 17.6 Å². The predicted molar refractivity (Wildman–Crippen MR) is 79.8 cm³/mol. The van der Waals surface area contributed by atoms with Crippen LogP contribution in [0.4, 0.5) is 5.69 Å². The zero-order valence-corrected chi connectivity index (χ0v) is 11.6. The highest BCUT2D eigenvalue weighted by atomic mass is 35.5. The highest BCUT2D eigenvalue weighted by molar-refractivity contribution is 6.33. The van der Waals surface area contributed by atoms with Crippen molar-refractivity contribution >= 4 is 17.3 Å². The molecule has 1 aliphatic rings. The van der Waals surface area contributed by atoms with Crippen molar-refractivity contribution in [3.05, 3.63) is 59.4 Å². The van der Waals surface area contributed by atoms with Gasteiger partial charge in [0, 0.05) is 25.0 Å². The Balaban J connectivity index is 1.81. The van der Waals surface area contributed by atoms with Crippen LogP contribution < -0.4 is 4.90 Å². The lowest BCUT2D eigenvalue weighted by Gasteiger charge is -2.27. The van der Waals surface area contributed by atoms with Crippen LogP contribution >= 0.6 is 11.6 Å². The fraction of sp³-hybridized carbons (Fsp3) is 0.312. The van der Waals surface area contributed by atoms with E-state index in [9.17, 15) is 0 Å². The molecule has 0 spiro atoms. The van der Waals surface area contributed by atoms with Gasteiger partial charge in [0.05, 0.1) is 10.7 Å². The maximum atomic E-state index is 6.27. The zero-order chi connectivity index (χ0) is 13.1. The van der Waals surface area contributed by atoms with E-state index < -0.39 is 0 Å². The molecule has 1 saturated heterocycles. The van der Waals surface area contributed by atoms with Gasteiger partial charge in [-0.1, -0.05) is 41.9 Å². The van der Waals surface area contributed by atoms with Crippen LogP contribution in [0.3, 0.4) is 0 Å². The Hall–Kier alpha value is -1.54. The SMILES string of the molecule is Clc1cnccc1N1CCCC1Cc1ccccc1. The third-order valence-corrected chi connectivity index (χ3v) is 4.04. The lowest BCUT2D eigenvalue weighted by molar-refractivity contribution is 0.663. The third-order valence-electron chi connectivity index (χ3n) is 3.75. The molecule has 1 aliphatic heterocycles. The van der Waals surface area contributed by atoms with Crippen LogP contribution in [0.25, 0.3) is 0 Å². The van der Waals surface area contributed by atoms with Gasteiger partial charge in [-0.3, -0.25) is 4.98 Å². The van der Waals surface area contributed by atoms with Crippen LogP contribution in [-0.2, 0) is 6.42 Å². The number of hydrogen-bond acceptors (Lipinski definition) is 2. The molecule has 19 heavy (non-hydrogen) atoms. The van der Waals surface area contributed by atoms with Crippen LogP contribution in [0.5, 0.6) is 0 Å². The Morgan fingerprint density at radius 1 is 1.21 bits per heavy atom. The van der Waals surface area contributed by atoms with E-state index in [1.807, 2.05) is 12.3 Å². The summed E-state index contributed by atoms with van der Waals surface area (Å²) < 4.78 is 0. The average Bonchev–Trinajstić information content (AvgIpc) is 2.88. The molecule has 2 aromatic rings. The number of aromatic nitrogens is 1. The van der Waals surface area contributed by atoms with Gasteiger partial charge in [0.25, 0.3) is 0 Å². The third kappa shape index (κ3) is 2.74. The summed E-state index contributed by atoms with van der Waals surface area (Å²) >= 11 is 6.27. The van der Waals surface area contributed by atoms with Crippen molar-refractivity contribution in [2.45, 2.75) is 25.3 Å². The second-order valence-electron chi connectivity index (χ2n) is 5.01. The minimum atomic E-state index is 0.544. The summed E-state index contributed by atoms with van der Waals surface area (Å²) in [4.78, 5) is 6.49. The number of halogens is 1. The molecule has 1 atom stereocenters. The summed E-state index contributed by atoms with van der Waals surface area (Å²) in [5.74, 6) is 0. The molecule has 0 radical (unpaired) electrons. The predicted octanol–water partition coefficient (Wildman–Crippen LogP) is 3.95. The first-order valence-electron chi connectivity index (χ1n) is 6.74. The van der Waals surface area contributed by atoms with E-state index in [0.717, 1.165) is 23.7 Å². The summed E-state index contributed by atoms with van der Waals surface area (Å²) in [5.41, 5.74) is 2.51. The van der Waals surface area contributed by atoms with E-state index in [4.69, 9.17) is 11.6 Å². The van der Waals surface area contributed by atoms with Crippen molar-refractivity contribution in [3.63, 3.8) is 0 Å². The fourth-order valence-electron chi connectivity index (χ4n) is 2.85. The van der Waals surface area contributed by atoms with Gasteiger partial charge < -0.3 is 4.90 Å². The molecule has 3 heteroatoms. The second-order valence-corrected chi connectivity index (χ2v) is 5.41. The molecular weight excluding hydrogens is 256 g/mol. The van der Waals surface area contributed by atoms with E-state index in [-0.39, 0.29) is 0 Å². The van der Waals surface area contributed by atoms with E-state index in [0.29, 0.717) is 6.04 Å². The van der Waals surface area contributed by atoms with Gasteiger partial charge in [-0.2, -0.15) is 0 Å². The lowest BCUT2D eigenvalue weighted by atomic mass is 10.0. The Morgan fingerprint density at radius 3 is 2.84 bits per heavy atom. The minimum absolute atomic E-state index is 0.544. The molecule has 1 unspecified atom stereocenters. The van der Waals surface area contributed by atoms with Crippen LogP contribution in [0.15, 0.2) is 48.8 Å². The molecule has 1 fully saturated rings. The number of nitrogens with zero attached hydrogens (tertiary/aromatic N) is 2. The molecule has 0 aliphatic carbocycles. The standard InChI is InChI=1S/C16H17ClN2/c17-15-12-18-9-8-16(15)19-10-4-7-14(19)11-13-5-2-1-3-6-13/h1-3,5-6,8-9,12,14H,4,7,10-11H2. The quantitative estimate of drug-likeness (QED) is 0.841. The monoisotopic (exact) mass is 272 g/mol. The summed E-state index contributed by atoms with van der Waals surface area (Å²) in [6.45, 7) is 1.08. The largest absolute Gasteiger partial charge is 0.367 e. The average molecular weight is 273 g/mol. The molecule has 2 heterocycles. The van der Waals surface area contributed by atoms with Gasteiger partial charge in [0.15, 0.2) is 0 Å². The Morgan fingerprint density at radius 2 is 2.05 bits per heavy atom. The highest BCUT2D eigenvalue weighted by Crippen LogP contribution is 2.32. The first-order chi connectivity index (χ1) is 9.34. The molecule has 0 N–H and O–H groups in total. The number of anilines is 1. The Bertz CT molecular complexity index is 541. The zero-order valence-electron chi connectivity index (χ0n) is 10.8. The molecule has 2 nitrogen and oxygen atoms in total. The van der Waals surface area contributed by atoms with E-state index in [1.165, 1.54) is 18.4 Å². The van der Waals surface area contributed by atoms with E-state index in [2.05, 4.69) is 40.2 Å². The van der Waals surface area contributed by atoms with Crippen LogP contribution in [0.1, 0.15) is 18.4 Å². The van der Waals surface area contributed by atoms with E-state index >= 15 is 0 Å². The Kier molecular flexibility index (Phi) is 3.69. The fourth-order valence-corrected chi connectivity index (χ4v) is 3.08.